The molecule has 21 heavy (non-hydrogen) atoms. The lowest BCUT2D eigenvalue weighted by atomic mass is 10.1. The summed E-state index contributed by atoms with van der Waals surface area (Å²) in [5, 5.41) is 3.49. The fraction of sp³-hybridized carbons (Fsp3) is 0.133. The number of fused-ring (bicyclic) bond motifs is 1. The quantitative estimate of drug-likeness (QED) is 0.607. The molecule has 0 saturated carbocycles. The predicted octanol–water partition coefficient (Wildman–Crippen LogP) is 5.49. The van der Waals surface area contributed by atoms with E-state index in [1.165, 1.54) is 0 Å². The van der Waals surface area contributed by atoms with Crippen LogP contribution >= 0.6 is 38.9 Å². The molecule has 108 valence electrons. The first-order valence-electron chi connectivity index (χ1n) is 6.33. The Labute approximate surface area is 139 Å². The van der Waals surface area contributed by atoms with E-state index in [0.29, 0.717) is 17.3 Å². The van der Waals surface area contributed by atoms with Gasteiger partial charge in [-0.1, -0.05) is 17.7 Å². The van der Waals surface area contributed by atoms with Gasteiger partial charge >= 0.3 is 5.97 Å². The molecule has 0 unspecified atom stereocenters. The van der Waals surface area contributed by atoms with Crippen molar-refractivity contribution in [3.8, 4) is 10.4 Å². The Hall–Kier alpha value is -1.30. The predicted molar refractivity (Wildman–Crippen MR) is 90.3 cm³/mol. The third kappa shape index (κ3) is 2.61. The van der Waals surface area contributed by atoms with Crippen LogP contribution in [0.25, 0.3) is 21.3 Å². The second kappa shape index (κ2) is 5.83. The Balaban J connectivity index is 2.31. The molecule has 0 bridgehead atoms. The summed E-state index contributed by atoms with van der Waals surface area (Å²) in [6.07, 6.45) is 0. The van der Waals surface area contributed by atoms with E-state index in [1.807, 2.05) is 29.6 Å². The topological polar surface area (TPSA) is 42.1 Å². The van der Waals surface area contributed by atoms with E-state index in [1.54, 1.807) is 18.3 Å². The van der Waals surface area contributed by atoms with Crippen molar-refractivity contribution in [3.05, 3.63) is 44.8 Å². The summed E-state index contributed by atoms with van der Waals surface area (Å²) in [4.78, 5) is 16.4. The molecular weight excluding hydrogens is 374 g/mol. The normalized spacial score (nSPS) is 11.0. The number of carbonyl (C=O) groups excluding carboxylic acids is 1. The molecule has 6 heteroatoms. The van der Waals surface area contributed by atoms with Crippen molar-refractivity contribution in [1.82, 2.24) is 4.98 Å². The van der Waals surface area contributed by atoms with Gasteiger partial charge in [-0.15, -0.1) is 11.3 Å². The van der Waals surface area contributed by atoms with Crippen LogP contribution in [0.5, 0.6) is 0 Å². The van der Waals surface area contributed by atoms with E-state index in [0.717, 1.165) is 25.8 Å². The largest absolute Gasteiger partial charge is 0.461 e. The molecule has 0 aliphatic rings. The van der Waals surface area contributed by atoms with Crippen LogP contribution in [0.1, 0.15) is 17.4 Å². The average molecular weight is 385 g/mol. The zero-order valence-corrected chi connectivity index (χ0v) is 14.2. The maximum Gasteiger partial charge on any atom is 0.355 e. The van der Waals surface area contributed by atoms with Crippen molar-refractivity contribution >= 4 is 55.7 Å². The molecular formula is C15H11BrClNO2S. The number of hydrogen-bond acceptors (Lipinski definition) is 3. The number of halogens is 2. The van der Waals surface area contributed by atoms with Crippen LogP contribution in [-0.4, -0.2) is 17.6 Å². The number of nitrogens with one attached hydrogen (secondary N) is 1. The molecule has 0 atom stereocenters. The molecule has 0 fully saturated rings. The Morgan fingerprint density at radius 3 is 2.95 bits per heavy atom. The minimum absolute atomic E-state index is 0.336. The van der Waals surface area contributed by atoms with E-state index < -0.39 is 0 Å². The maximum absolute atomic E-state index is 12.2. The highest BCUT2D eigenvalue weighted by molar-refractivity contribution is 9.10. The summed E-state index contributed by atoms with van der Waals surface area (Å²) in [5.41, 5.74) is 2.15. The number of hydrogen-bond donors (Lipinski definition) is 1. The number of aromatic nitrogens is 1. The minimum atomic E-state index is -0.357. The highest BCUT2D eigenvalue weighted by Gasteiger charge is 2.21. The minimum Gasteiger partial charge on any atom is -0.461 e. The molecule has 0 aliphatic carbocycles. The number of aromatic amines is 1. The average Bonchev–Trinajstić information content (AvgIpc) is 3.06. The zero-order chi connectivity index (χ0) is 15.0. The number of ether oxygens (including phenoxy) is 1. The molecule has 1 aromatic carbocycles. The molecule has 0 radical (unpaired) electrons. The molecule has 0 spiro atoms. The van der Waals surface area contributed by atoms with Gasteiger partial charge in [0, 0.05) is 25.8 Å². The fourth-order valence-electron chi connectivity index (χ4n) is 2.22. The van der Waals surface area contributed by atoms with Gasteiger partial charge in [-0.3, -0.25) is 0 Å². The van der Waals surface area contributed by atoms with Crippen LogP contribution in [0, 0.1) is 0 Å². The van der Waals surface area contributed by atoms with Crippen LogP contribution in [0.2, 0.25) is 5.02 Å². The molecule has 1 N–H and O–H groups in total. The van der Waals surface area contributed by atoms with E-state index in [9.17, 15) is 4.79 Å². The number of carbonyl (C=O) groups is 1. The lowest BCUT2D eigenvalue weighted by Gasteiger charge is -2.03. The molecule has 3 nitrogen and oxygen atoms in total. The van der Waals surface area contributed by atoms with Crippen molar-refractivity contribution in [2.45, 2.75) is 6.92 Å². The van der Waals surface area contributed by atoms with Gasteiger partial charge in [-0.25, -0.2) is 4.79 Å². The van der Waals surface area contributed by atoms with E-state index in [-0.39, 0.29) is 5.97 Å². The number of esters is 1. The Morgan fingerprint density at radius 1 is 1.48 bits per heavy atom. The first-order chi connectivity index (χ1) is 10.1. The highest BCUT2D eigenvalue weighted by Crippen LogP contribution is 2.38. The van der Waals surface area contributed by atoms with Gasteiger partial charge in [0.1, 0.15) is 5.69 Å². The lowest BCUT2D eigenvalue weighted by molar-refractivity contribution is 0.0521. The molecule has 3 rings (SSSR count). The third-order valence-electron chi connectivity index (χ3n) is 3.09. The second-order valence-corrected chi connectivity index (χ2v) is 6.59. The summed E-state index contributed by atoms with van der Waals surface area (Å²) >= 11 is 11.2. The Morgan fingerprint density at radius 2 is 2.29 bits per heavy atom. The monoisotopic (exact) mass is 383 g/mol. The van der Waals surface area contributed by atoms with E-state index in [2.05, 4.69) is 20.9 Å². The van der Waals surface area contributed by atoms with Gasteiger partial charge in [0.25, 0.3) is 0 Å². The van der Waals surface area contributed by atoms with Crippen molar-refractivity contribution in [2.24, 2.45) is 0 Å². The van der Waals surface area contributed by atoms with Crippen molar-refractivity contribution in [1.29, 1.82) is 0 Å². The van der Waals surface area contributed by atoms with Gasteiger partial charge in [0.15, 0.2) is 0 Å². The van der Waals surface area contributed by atoms with Crippen LogP contribution < -0.4 is 0 Å². The summed E-state index contributed by atoms with van der Waals surface area (Å²) in [6.45, 7) is 2.13. The first-order valence-corrected chi connectivity index (χ1v) is 8.38. The standard InChI is InChI=1S/C15H11BrClNO2S/c1-2-20-15(19)14-13(12-4-3-5-21-12)8-6-10(17)9(16)7-11(8)18-14/h3-7,18H,2H2,1H3. The zero-order valence-electron chi connectivity index (χ0n) is 11.1. The SMILES string of the molecule is CCOC(=O)c1[nH]c2cc(Br)c(Cl)cc2c1-c1cccs1. The van der Waals surface area contributed by atoms with Crippen LogP contribution in [0.15, 0.2) is 34.1 Å². The molecule has 2 aromatic heterocycles. The molecule has 2 heterocycles. The highest BCUT2D eigenvalue weighted by atomic mass is 79.9. The number of H-pyrrole nitrogens is 1. The van der Waals surface area contributed by atoms with E-state index in [4.69, 9.17) is 16.3 Å². The lowest BCUT2D eigenvalue weighted by Crippen LogP contribution is -2.06. The third-order valence-corrected chi connectivity index (χ3v) is 5.17. The van der Waals surface area contributed by atoms with Crippen molar-refractivity contribution in [3.63, 3.8) is 0 Å². The van der Waals surface area contributed by atoms with Gasteiger partial charge in [0.05, 0.1) is 11.6 Å². The molecule has 0 aliphatic heterocycles. The van der Waals surface area contributed by atoms with E-state index >= 15 is 0 Å². The number of benzene rings is 1. The van der Waals surface area contributed by atoms with Crippen molar-refractivity contribution in [2.75, 3.05) is 6.61 Å². The molecule has 0 amide bonds. The summed E-state index contributed by atoms with van der Waals surface area (Å²) in [7, 11) is 0. The molecule has 0 saturated heterocycles. The smallest absolute Gasteiger partial charge is 0.355 e. The van der Waals surface area contributed by atoms with Gasteiger partial charge in [-0.05, 0) is 46.4 Å². The number of rotatable bonds is 3. The fourth-order valence-corrected chi connectivity index (χ4v) is 3.52. The van der Waals surface area contributed by atoms with Gasteiger partial charge in [0.2, 0.25) is 0 Å². The van der Waals surface area contributed by atoms with Gasteiger partial charge in [-0.2, -0.15) is 0 Å². The van der Waals surface area contributed by atoms with Crippen molar-refractivity contribution < 1.29 is 9.53 Å². The Bertz CT molecular complexity index is 811. The van der Waals surface area contributed by atoms with Crippen LogP contribution in [0.4, 0.5) is 0 Å². The first kappa shape index (κ1) is 14.6. The summed E-state index contributed by atoms with van der Waals surface area (Å²) in [6, 6.07) is 7.66. The summed E-state index contributed by atoms with van der Waals surface area (Å²) < 4.78 is 5.93. The second-order valence-electron chi connectivity index (χ2n) is 4.38. The van der Waals surface area contributed by atoms with Gasteiger partial charge < -0.3 is 9.72 Å². The number of thiophene rings is 1. The Kier molecular flexibility index (Phi) is 4.06. The maximum atomic E-state index is 12.2. The molecule has 3 aromatic rings. The van der Waals surface area contributed by atoms with Crippen LogP contribution in [0.3, 0.4) is 0 Å². The summed E-state index contributed by atoms with van der Waals surface area (Å²) in [5.74, 6) is -0.357. The van der Waals surface area contributed by atoms with Crippen LogP contribution in [-0.2, 0) is 4.74 Å².